The van der Waals surface area contributed by atoms with E-state index < -0.39 is 5.97 Å². The Kier molecular flexibility index (Phi) is 1.82. The summed E-state index contributed by atoms with van der Waals surface area (Å²) in [5.74, 6) is -0.947. The van der Waals surface area contributed by atoms with Crippen LogP contribution in [0.2, 0.25) is 0 Å². The summed E-state index contributed by atoms with van der Waals surface area (Å²) in [4.78, 5) is 10.7. The van der Waals surface area contributed by atoms with E-state index in [2.05, 4.69) is 0 Å². The van der Waals surface area contributed by atoms with E-state index in [1.165, 1.54) is 17.4 Å². The van der Waals surface area contributed by atoms with E-state index in [1.54, 1.807) is 12.1 Å². The third-order valence-electron chi connectivity index (χ3n) is 2.00. The van der Waals surface area contributed by atoms with Crippen molar-refractivity contribution in [3.8, 4) is 0 Å². The number of fused-ring (bicyclic) bond motifs is 1. The molecule has 2 aromatic rings. The van der Waals surface area contributed by atoms with Gasteiger partial charge in [-0.2, -0.15) is 0 Å². The van der Waals surface area contributed by atoms with Gasteiger partial charge in [-0.1, -0.05) is 6.07 Å². The van der Waals surface area contributed by atoms with Gasteiger partial charge in [-0.25, -0.2) is 4.79 Å². The molecule has 0 aliphatic heterocycles. The zero-order chi connectivity index (χ0) is 10.3. The molecule has 0 aliphatic carbocycles. The van der Waals surface area contributed by atoms with E-state index in [9.17, 15) is 4.79 Å². The van der Waals surface area contributed by atoms with Crippen LogP contribution >= 0.6 is 11.3 Å². The fraction of sp³-hybridized carbons (Fsp3) is 0. The second-order valence-electron chi connectivity index (χ2n) is 2.90. The fourth-order valence-corrected chi connectivity index (χ4v) is 2.20. The molecule has 1 aromatic heterocycles. The third-order valence-corrected chi connectivity index (χ3v) is 3.00. The largest absolute Gasteiger partial charge is 0.478 e. The van der Waals surface area contributed by atoms with E-state index in [0.717, 1.165) is 10.1 Å². The molecule has 4 nitrogen and oxygen atoms in total. The van der Waals surface area contributed by atoms with Crippen molar-refractivity contribution in [2.24, 2.45) is 0 Å². The lowest BCUT2D eigenvalue weighted by molar-refractivity contribution is 0.0697. The van der Waals surface area contributed by atoms with Crippen LogP contribution in [-0.4, -0.2) is 11.1 Å². The zero-order valence-corrected chi connectivity index (χ0v) is 7.97. The van der Waals surface area contributed by atoms with Crippen molar-refractivity contribution in [2.45, 2.75) is 0 Å². The predicted octanol–water partition coefficient (Wildman–Crippen LogP) is 1.76. The maximum Gasteiger partial charge on any atom is 0.335 e. The van der Waals surface area contributed by atoms with Gasteiger partial charge in [0, 0.05) is 10.1 Å². The molecule has 72 valence electrons. The topological polar surface area (TPSA) is 89.3 Å². The molecule has 0 unspecified atom stereocenters. The molecule has 0 bridgehead atoms. The highest BCUT2D eigenvalue weighted by molar-refractivity contribution is 7.23. The number of hydrogen-bond donors (Lipinski definition) is 3. The first-order valence-corrected chi connectivity index (χ1v) is 4.72. The second kappa shape index (κ2) is 2.88. The van der Waals surface area contributed by atoms with Gasteiger partial charge < -0.3 is 16.6 Å². The average Bonchev–Trinajstić information content (AvgIpc) is 2.42. The summed E-state index contributed by atoms with van der Waals surface area (Å²) in [6.45, 7) is 0. The van der Waals surface area contributed by atoms with Gasteiger partial charge in [0.1, 0.15) is 5.00 Å². The fourth-order valence-electron chi connectivity index (χ4n) is 1.27. The van der Waals surface area contributed by atoms with Gasteiger partial charge in [-0.15, -0.1) is 11.3 Å². The predicted molar refractivity (Wildman–Crippen MR) is 57.6 cm³/mol. The Hall–Kier alpha value is -1.75. The number of carboxylic acids is 1. The molecule has 5 heteroatoms. The highest BCUT2D eigenvalue weighted by atomic mass is 32.1. The Morgan fingerprint density at radius 2 is 2.07 bits per heavy atom. The lowest BCUT2D eigenvalue weighted by atomic mass is 10.1. The van der Waals surface area contributed by atoms with Crippen LogP contribution in [0.5, 0.6) is 0 Å². The first kappa shape index (κ1) is 8.83. The van der Waals surface area contributed by atoms with Crippen molar-refractivity contribution >= 4 is 38.1 Å². The van der Waals surface area contributed by atoms with Crippen molar-refractivity contribution in [1.82, 2.24) is 0 Å². The highest BCUT2D eigenvalue weighted by Crippen LogP contribution is 2.35. The summed E-state index contributed by atoms with van der Waals surface area (Å²) in [5.41, 5.74) is 12.1. The molecule has 1 aromatic carbocycles. The number of benzene rings is 1. The van der Waals surface area contributed by atoms with Crippen molar-refractivity contribution in [1.29, 1.82) is 0 Å². The molecular formula is C9H8N2O2S. The van der Waals surface area contributed by atoms with Crippen molar-refractivity contribution < 1.29 is 9.90 Å². The Labute approximate surface area is 83.8 Å². The number of nitrogens with two attached hydrogens (primary N) is 2. The third kappa shape index (κ3) is 1.18. The smallest absolute Gasteiger partial charge is 0.335 e. The minimum absolute atomic E-state index is 0.249. The molecule has 5 N–H and O–H groups in total. The van der Waals surface area contributed by atoms with Crippen LogP contribution in [0.3, 0.4) is 0 Å². The molecule has 0 atom stereocenters. The van der Waals surface area contributed by atoms with Crippen LogP contribution in [0.15, 0.2) is 18.2 Å². The Bertz CT molecular complexity index is 519. The molecule has 2 rings (SSSR count). The van der Waals surface area contributed by atoms with Crippen LogP contribution in [0, 0.1) is 0 Å². The lowest BCUT2D eigenvalue weighted by Gasteiger charge is -1.94. The van der Waals surface area contributed by atoms with Gasteiger partial charge in [0.15, 0.2) is 0 Å². The SMILES string of the molecule is Nc1sc2cc(C(=O)O)ccc2c1N. The molecule has 0 saturated carbocycles. The van der Waals surface area contributed by atoms with Gasteiger partial charge in [0.25, 0.3) is 0 Å². The van der Waals surface area contributed by atoms with E-state index in [-0.39, 0.29) is 5.56 Å². The van der Waals surface area contributed by atoms with Crippen LogP contribution in [0.4, 0.5) is 10.7 Å². The number of aromatic carboxylic acids is 1. The van der Waals surface area contributed by atoms with Gasteiger partial charge in [0.05, 0.1) is 11.3 Å². The number of carbonyl (C=O) groups is 1. The second-order valence-corrected chi connectivity index (χ2v) is 3.98. The number of rotatable bonds is 1. The molecule has 0 saturated heterocycles. The molecule has 0 aliphatic rings. The summed E-state index contributed by atoms with van der Waals surface area (Å²) >= 11 is 1.30. The van der Waals surface area contributed by atoms with Gasteiger partial charge >= 0.3 is 5.97 Å². The summed E-state index contributed by atoms with van der Waals surface area (Å²) < 4.78 is 0.805. The standard InChI is InChI=1S/C9H8N2O2S/c10-7-5-2-1-4(9(12)13)3-6(5)14-8(7)11/h1-3H,10-11H2,(H,12,13). The Morgan fingerprint density at radius 3 is 2.71 bits per heavy atom. The first-order valence-electron chi connectivity index (χ1n) is 3.90. The molecule has 0 radical (unpaired) electrons. The minimum Gasteiger partial charge on any atom is -0.478 e. The summed E-state index contributed by atoms with van der Waals surface area (Å²) in [5, 5.41) is 10.1. The quantitative estimate of drug-likeness (QED) is 0.666. The van der Waals surface area contributed by atoms with Crippen LogP contribution in [-0.2, 0) is 0 Å². The van der Waals surface area contributed by atoms with Crippen LogP contribution in [0.1, 0.15) is 10.4 Å². The highest BCUT2D eigenvalue weighted by Gasteiger charge is 2.09. The van der Waals surface area contributed by atoms with Crippen molar-refractivity contribution in [2.75, 3.05) is 11.5 Å². The molecular weight excluding hydrogens is 200 g/mol. The number of thiophene rings is 1. The maximum absolute atomic E-state index is 10.7. The van der Waals surface area contributed by atoms with E-state index in [0.29, 0.717) is 10.7 Å². The van der Waals surface area contributed by atoms with Gasteiger partial charge in [-0.05, 0) is 12.1 Å². The monoisotopic (exact) mass is 208 g/mol. The lowest BCUT2D eigenvalue weighted by Crippen LogP contribution is -1.94. The number of anilines is 2. The summed E-state index contributed by atoms with van der Waals surface area (Å²) in [6, 6.07) is 4.78. The van der Waals surface area contributed by atoms with Gasteiger partial charge in [-0.3, -0.25) is 0 Å². The Balaban J connectivity index is 2.73. The molecule has 0 fully saturated rings. The number of nitrogen functional groups attached to an aromatic ring is 2. The average molecular weight is 208 g/mol. The number of carboxylic acid groups (broad SMARTS) is 1. The Morgan fingerprint density at radius 1 is 1.36 bits per heavy atom. The van der Waals surface area contributed by atoms with Gasteiger partial charge in [0.2, 0.25) is 0 Å². The minimum atomic E-state index is -0.947. The first-order chi connectivity index (χ1) is 6.59. The van der Waals surface area contributed by atoms with Crippen molar-refractivity contribution in [3.63, 3.8) is 0 Å². The van der Waals surface area contributed by atoms with Crippen molar-refractivity contribution in [3.05, 3.63) is 23.8 Å². The van der Waals surface area contributed by atoms with Crippen LogP contribution in [0.25, 0.3) is 10.1 Å². The summed E-state index contributed by atoms with van der Waals surface area (Å²) in [7, 11) is 0. The molecule has 0 spiro atoms. The molecule has 1 heterocycles. The molecule has 0 amide bonds. The van der Waals surface area contributed by atoms with E-state index in [1.807, 2.05) is 0 Å². The molecule has 14 heavy (non-hydrogen) atoms. The summed E-state index contributed by atoms with van der Waals surface area (Å²) in [6.07, 6.45) is 0. The zero-order valence-electron chi connectivity index (χ0n) is 7.15. The van der Waals surface area contributed by atoms with Crippen LogP contribution < -0.4 is 11.5 Å². The van der Waals surface area contributed by atoms with E-state index in [4.69, 9.17) is 16.6 Å². The van der Waals surface area contributed by atoms with E-state index >= 15 is 0 Å². The maximum atomic E-state index is 10.7. The normalized spacial score (nSPS) is 10.6. The number of hydrogen-bond acceptors (Lipinski definition) is 4.